The van der Waals surface area contributed by atoms with Crippen LogP contribution in [0.25, 0.3) is 0 Å². The van der Waals surface area contributed by atoms with Crippen LogP contribution in [0, 0.1) is 13.8 Å². The summed E-state index contributed by atoms with van der Waals surface area (Å²) in [6.45, 7) is 15.0. The van der Waals surface area contributed by atoms with Gasteiger partial charge in [-0.1, -0.05) is 6.07 Å². The summed E-state index contributed by atoms with van der Waals surface area (Å²) in [6, 6.07) is 7.41. The van der Waals surface area contributed by atoms with Gasteiger partial charge in [-0.3, -0.25) is 14.8 Å². The molecule has 2 aromatic rings. The van der Waals surface area contributed by atoms with Crippen molar-refractivity contribution in [1.82, 2.24) is 24.8 Å². The Bertz CT molecular complexity index is 828. The van der Waals surface area contributed by atoms with E-state index < -0.39 is 0 Å². The van der Waals surface area contributed by atoms with E-state index in [-0.39, 0.29) is 0 Å². The van der Waals surface area contributed by atoms with Gasteiger partial charge in [-0.15, -0.1) is 0 Å². The molecule has 2 aromatic heterocycles. The minimum atomic E-state index is 0.393. The lowest BCUT2D eigenvalue weighted by Gasteiger charge is -2.37. The number of anilines is 1. The summed E-state index contributed by atoms with van der Waals surface area (Å²) in [7, 11) is 0. The Kier molecular flexibility index (Phi) is 6.11. The molecule has 0 aromatic carbocycles. The van der Waals surface area contributed by atoms with Crippen LogP contribution in [0.5, 0.6) is 0 Å². The average molecular weight is 395 g/mol. The fraction of sp³-hybridized carbons (Fsp3) is 0.609. The molecule has 2 aliphatic heterocycles. The molecule has 0 unspecified atom stereocenters. The molecule has 1 atom stereocenters. The zero-order valence-corrected chi connectivity index (χ0v) is 18.3. The maximum atomic E-state index is 4.78. The first kappa shape index (κ1) is 20.2. The highest BCUT2D eigenvalue weighted by atomic mass is 15.3. The molecule has 0 spiro atoms. The third kappa shape index (κ3) is 4.59. The van der Waals surface area contributed by atoms with E-state index >= 15 is 0 Å². The third-order valence-electron chi connectivity index (χ3n) is 6.34. The Labute approximate surface area is 175 Å². The molecule has 2 aliphatic rings. The van der Waals surface area contributed by atoms with Crippen LogP contribution >= 0.6 is 0 Å². The summed E-state index contributed by atoms with van der Waals surface area (Å²) >= 11 is 0. The first-order valence-electron chi connectivity index (χ1n) is 11.0. The monoisotopic (exact) mass is 394 g/mol. The second-order valence-corrected chi connectivity index (χ2v) is 8.72. The molecule has 6 heteroatoms. The van der Waals surface area contributed by atoms with Gasteiger partial charge in [0.15, 0.2) is 0 Å². The van der Waals surface area contributed by atoms with Crippen molar-refractivity contribution in [3.8, 4) is 0 Å². The molecule has 4 rings (SSSR count). The molecule has 6 nitrogen and oxygen atoms in total. The van der Waals surface area contributed by atoms with Crippen molar-refractivity contribution >= 4 is 5.82 Å². The maximum Gasteiger partial charge on any atom is 0.132 e. The van der Waals surface area contributed by atoms with Crippen LogP contribution in [0.1, 0.15) is 55.5 Å². The van der Waals surface area contributed by atoms with Gasteiger partial charge in [0.1, 0.15) is 11.6 Å². The molecule has 0 N–H and O–H groups in total. The predicted molar refractivity (Wildman–Crippen MR) is 117 cm³/mol. The average Bonchev–Trinajstić information content (AvgIpc) is 3.16. The van der Waals surface area contributed by atoms with Crippen LogP contribution in [0.4, 0.5) is 5.82 Å². The number of rotatable bonds is 5. The highest BCUT2D eigenvalue weighted by Gasteiger charge is 2.29. The van der Waals surface area contributed by atoms with E-state index in [1.807, 2.05) is 19.2 Å². The van der Waals surface area contributed by atoms with E-state index in [0.29, 0.717) is 12.1 Å². The Balaban J connectivity index is 1.49. The van der Waals surface area contributed by atoms with Crippen LogP contribution in [-0.4, -0.2) is 63.5 Å². The number of hydrogen-bond acceptors (Lipinski definition) is 6. The molecule has 0 saturated carbocycles. The lowest BCUT2D eigenvalue weighted by Crippen LogP contribution is -2.49. The quantitative estimate of drug-likeness (QED) is 0.775. The maximum absolute atomic E-state index is 4.78. The van der Waals surface area contributed by atoms with Gasteiger partial charge in [0.25, 0.3) is 0 Å². The SMILES string of the molecule is Cc1nc(CN2CCC[C@H]2c2ncccc2C)cc(N2CCN(C(C)C)CC2)n1. The Morgan fingerprint density at radius 2 is 1.86 bits per heavy atom. The van der Waals surface area contributed by atoms with Crippen LogP contribution in [0.3, 0.4) is 0 Å². The van der Waals surface area contributed by atoms with E-state index in [9.17, 15) is 0 Å². The highest BCUT2D eigenvalue weighted by Crippen LogP contribution is 2.33. The fourth-order valence-electron chi connectivity index (χ4n) is 4.70. The molecule has 0 radical (unpaired) electrons. The number of aryl methyl sites for hydroxylation is 2. The Morgan fingerprint density at radius 1 is 1.07 bits per heavy atom. The van der Waals surface area contributed by atoms with Crippen molar-refractivity contribution in [3.63, 3.8) is 0 Å². The molecular formula is C23H34N6. The Hall–Kier alpha value is -2.05. The molecule has 29 heavy (non-hydrogen) atoms. The molecule has 2 fully saturated rings. The Morgan fingerprint density at radius 3 is 2.59 bits per heavy atom. The normalized spacial score (nSPS) is 21.3. The predicted octanol–water partition coefficient (Wildman–Crippen LogP) is 3.36. The van der Waals surface area contributed by atoms with Crippen LogP contribution in [-0.2, 0) is 6.54 Å². The lowest BCUT2D eigenvalue weighted by molar-refractivity contribution is 0.209. The van der Waals surface area contributed by atoms with Gasteiger partial charge in [0.05, 0.1) is 17.4 Å². The van der Waals surface area contributed by atoms with E-state index in [0.717, 1.165) is 56.6 Å². The number of aromatic nitrogens is 3. The number of pyridine rings is 1. The summed E-state index contributed by atoms with van der Waals surface area (Å²) in [5, 5.41) is 0. The molecule has 156 valence electrons. The molecule has 4 heterocycles. The van der Waals surface area contributed by atoms with Crippen LogP contribution in [0.15, 0.2) is 24.4 Å². The number of nitrogens with zero attached hydrogens (tertiary/aromatic N) is 6. The summed E-state index contributed by atoms with van der Waals surface area (Å²) in [4.78, 5) is 21.7. The van der Waals surface area contributed by atoms with Crippen molar-refractivity contribution in [2.24, 2.45) is 0 Å². The number of piperazine rings is 1. The minimum absolute atomic E-state index is 0.393. The summed E-state index contributed by atoms with van der Waals surface area (Å²) in [5.74, 6) is 1.95. The zero-order valence-electron chi connectivity index (χ0n) is 18.3. The summed E-state index contributed by atoms with van der Waals surface area (Å²) in [5.41, 5.74) is 3.63. The standard InChI is InChI=1S/C23H34N6/c1-17(2)27-11-13-28(14-12-27)22-15-20(25-19(4)26-22)16-29-10-6-8-21(29)23-18(3)7-5-9-24-23/h5,7,9,15,17,21H,6,8,10-14,16H2,1-4H3/t21-/m0/s1. The van der Waals surface area contributed by atoms with Crippen molar-refractivity contribution in [2.45, 2.75) is 59.2 Å². The van der Waals surface area contributed by atoms with E-state index in [1.54, 1.807) is 0 Å². The lowest BCUT2D eigenvalue weighted by atomic mass is 10.1. The molecule has 0 amide bonds. The van der Waals surface area contributed by atoms with E-state index in [2.05, 4.69) is 47.6 Å². The smallest absolute Gasteiger partial charge is 0.132 e. The van der Waals surface area contributed by atoms with Gasteiger partial charge in [-0.25, -0.2) is 9.97 Å². The topological polar surface area (TPSA) is 48.4 Å². The largest absolute Gasteiger partial charge is 0.354 e. The highest BCUT2D eigenvalue weighted by molar-refractivity contribution is 5.40. The molecule has 0 bridgehead atoms. The fourth-order valence-corrected chi connectivity index (χ4v) is 4.70. The van der Waals surface area contributed by atoms with Crippen LogP contribution < -0.4 is 4.90 Å². The van der Waals surface area contributed by atoms with Gasteiger partial charge in [0.2, 0.25) is 0 Å². The van der Waals surface area contributed by atoms with E-state index in [1.165, 1.54) is 24.1 Å². The first-order chi connectivity index (χ1) is 14.0. The second-order valence-electron chi connectivity index (χ2n) is 8.72. The van der Waals surface area contributed by atoms with Crippen molar-refractivity contribution in [1.29, 1.82) is 0 Å². The summed E-state index contributed by atoms with van der Waals surface area (Å²) in [6.07, 6.45) is 4.31. The number of likely N-dealkylation sites (tertiary alicyclic amines) is 1. The van der Waals surface area contributed by atoms with Crippen molar-refractivity contribution in [3.05, 3.63) is 47.2 Å². The van der Waals surface area contributed by atoms with Gasteiger partial charge in [0, 0.05) is 51.0 Å². The van der Waals surface area contributed by atoms with Crippen LogP contribution in [0.2, 0.25) is 0 Å². The van der Waals surface area contributed by atoms with Gasteiger partial charge in [-0.2, -0.15) is 0 Å². The van der Waals surface area contributed by atoms with Crippen molar-refractivity contribution in [2.75, 3.05) is 37.6 Å². The van der Waals surface area contributed by atoms with Gasteiger partial charge < -0.3 is 4.90 Å². The number of hydrogen-bond donors (Lipinski definition) is 0. The molecule has 2 saturated heterocycles. The van der Waals surface area contributed by atoms with Gasteiger partial charge in [-0.05, 0) is 58.7 Å². The minimum Gasteiger partial charge on any atom is -0.354 e. The third-order valence-corrected chi connectivity index (χ3v) is 6.34. The first-order valence-corrected chi connectivity index (χ1v) is 11.0. The van der Waals surface area contributed by atoms with E-state index in [4.69, 9.17) is 15.0 Å². The summed E-state index contributed by atoms with van der Waals surface area (Å²) < 4.78 is 0. The van der Waals surface area contributed by atoms with Gasteiger partial charge >= 0.3 is 0 Å². The molecular weight excluding hydrogens is 360 g/mol. The second kappa shape index (κ2) is 8.76. The zero-order chi connectivity index (χ0) is 20.4. The van der Waals surface area contributed by atoms with Crippen molar-refractivity contribution < 1.29 is 0 Å². The molecule has 0 aliphatic carbocycles.